The van der Waals surface area contributed by atoms with E-state index in [2.05, 4.69) is 22.3 Å². The zero-order valence-electron chi connectivity index (χ0n) is 19.3. The van der Waals surface area contributed by atoms with Gasteiger partial charge < -0.3 is 10.6 Å². The molecule has 1 aromatic rings. The van der Waals surface area contributed by atoms with Crippen molar-refractivity contribution in [1.29, 1.82) is 0 Å². The molecule has 1 heterocycles. The molecule has 9 nitrogen and oxygen atoms in total. The number of piperidine rings is 1. The van der Waals surface area contributed by atoms with Gasteiger partial charge in [-0.25, -0.2) is 22.7 Å². The highest BCUT2D eigenvalue weighted by atomic mass is 32.2. The zero-order valence-corrected chi connectivity index (χ0v) is 20.1. The highest BCUT2D eigenvalue weighted by Gasteiger charge is 2.27. The number of rotatable bonds is 7. The minimum atomic E-state index is -3.97. The summed E-state index contributed by atoms with van der Waals surface area (Å²) in [5, 5.41) is 5.40. The molecule has 1 aliphatic carbocycles. The normalized spacial score (nSPS) is 23.3. The lowest BCUT2D eigenvalue weighted by Gasteiger charge is -2.28. The van der Waals surface area contributed by atoms with Gasteiger partial charge in [0.2, 0.25) is 5.91 Å². The number of amides is 5. The molecule has 3 unspecified atom stereocenters. The van der Waals surface area contributed by atoms with Crippen LogP contribution in [0.3, 0.4) is 0 Å². The van der Waals surface area contributed by atoms with Crippen molar-refractivity contribution in [2.75, 3.05) is 19.6 Å². The second-order valence-electron chi connectivity index (χ2n) is 9.37. The first-order valence-electron chi connectivity index (χ1n) is 11.6. The van der Waals surface area contributed by atoms with Gasteiger partial charge in [0.1, 0.15) is 0 Å². The van der Waals surface area contributed by atoms with Gasteiger partial charge in [0.05, 0.1) is 4.90 Å². The molecule has 5 amide bonds. The maximum Gasteiger partial charge on any atom is 0.328 e. The molecule has 1 saturated heterocycles. The number of nitrogens with zero attached hydrogens (tertiary/aromatic N) is 1. The Bertz CT molecular complexity index is 964. The first-order valence-corrected chi connectivity index (χ1v) is 13.1. The second-order valence-corrected chi connectivity index (χ2v) is 11.1. The number of carbonyl (C=O) groups excluding carboxylic acids is 3. The fraction of sp³-hybridized carbons (Fsp3) is 0.609. The molecular weight excluding hydrogens is 444 g/mol. The fourth-order valence-electron chi connectivity index (χ4n) is 4.41. The smallest absolute Gasteiger partial charge is 0.328 e. The van der Waals surface area contributed by atoms with Crippen molar-refractivity contribution in [2.45, 2.75) is 57.3 Å². The highest BCUT2D eigenvalue weighted by molar-refractivity contribution is 7.90. The van der Waals surface area contributed by atoms with E-state index in [4.69, 9.17) is 0 Å². The van der Waals surface area contributed by atoms with E-state index in [0.29, 0.717) is 50.2 Å². The molecule has 3 rings (SSSR count). The molecule has 0 aromatic heterocycles. The summed E-state index contributed by atoms with van der Waals surface area (Å²) in [5.41, 5.74) is 0.827. The number of carbonyl (C=O) groups is 3. The number of sulfonamides is 1. The Morgan fingerprint density at radius 1 is 1.03 bits per heavy atom. The Morgan fingerprint density at radius 2 is 1.76 bits per heavy atom. The van der Waals surface area contributed by atoms with Crippen LogP contribution in [0.4, 0.5) is 9.59 Å². The molecule has 1 aromatic carbocycles. The molecule has 33 heavy (non-hydrogen) atoms. The monoisotopic (exact) mass is 478 g/mol. The lowest BCUT2D eigenvalue weighted by atomic mass is 9.99. The van der Waals surface area contributed by atoms with Gasteiger partial charge in [-0.3, -0.25) is 9.69 Å². The lowest BCUT2D eigenvalue weighted by molar-refractivity contribution is -0.131. The molecule has 2 aliphatic rings. The molecule has 0 spiro atoms. The van der Waals surface area contributed by atoms with Crippen LogP contribution in [-0.2, 0) is 21.2 Å². The molecule has 3 N–H and O–H groups in total. The number of imide groups is 1. The highest BCUT2D eigenvalue weighted by Crippen LogP contribution is 2.29. The van der Waals surface area contributed by atoms with Crippen molar-refractivity contribution >= 4 is 28.0 Å². The van der Waals surface area contributed by atoms with Gasteiger partial charge in [-0.05, 0) is 61.1 Å². The number of benzene rings is 1. The molecule has 10 heteroatoms. The predicted octanol–water partition coefficient (Wildman–Crippen LogP) is 2.62. The van der Waals surface area contributed by atoms with Crippen molar-refractivity contribution in [2.24, 2.45) is 17.8 Å². The van der Waals surface area contributed by atoms with Crippen molar-refractivity contribution in [3.05, 3.63) is 29.8 Å². The molecule has 1 saturated carbocycles. The standard InChI is InChI=1S/C23H34N4O5S/c1-16-3-4-19(13-16)15-25-22(29)26-33(31,32)20-7-5-18(6-8-20)9-11-24-23(30)27-12-10-17(2)14-21(27)28/h5-8,16-17,19H,3-4,9-15H2,1-2H3,(H,24,30)(H2,25,26,29). The number of hydrogen-bond acceptors (Lipinski definition) is 5. The summed E-state index contributed by atoms with van der Waals surface area (Å²) in [6.07, 6.45) is 4.90. The van der Waals surface area contributed by atoms with Crippen LogP contribution in [0.25, 0.3) is 0 Å². The van der Waals surface area contributed by atoms with Crippen LogP contribution in [0.2, 0.25) is 0 Å². The summed E-state index contributed by atoms with van der Waals surface area (Å²) < 4.78 is 27.0. The zero-order chi connectivity index (χ0) is 24.0. The Labute approximate surface area is 195 Å². The molecule has 1 aliphatic heterocycles. The Hall–Kier alpha value is -2.62. The molecular formula is C23H34N4O5S. The van der Waals surface area contributed by atoms with Crippen LogP contribution < -0.4 is 15.4 Å². The van der Waals surface area contributed by atoms with Gasteiger partial charge in [-0.1, -0.05) is 32.4 Å². The van der Waals surface area contributed by atoms with Crippen molar-refractivity contribution < 1.29 is 22.8 Å². The summed E-state index contributed by atoms with van der Waals surface area (Å²) in [5.74, 6) is 1.18. The summed E-state index contributed by atoms with van der Waals surface area (Å²) in [4.78, 5) is 37.5. The van der Waals surface area contributed by atoms with Crippen molar-refractivity contribution in [1.82, 2.24) is 20.3 Å². The average Bonchev–Trinajstić information content (AvgIpc) is 3.17. The van der Waals surface area contributed by atoms with E-state index in [1.54, 1.807) is 12.1 Å². The van der Waals surface area contributed by atoms with Crippen LogP contribution in [0.15, 0.2) is 29.2 Å². The maximum absolute atomic E-state index is 12.5. The van der Waals surface area contributed by atoms with E-state index in [9.17, 15) is 22.8 Å². The van der Waals surface area contributed by atoms with Gasteiger partial charge >= 0.3 is 12.1 Å². The topological polar surface area (TPSA) is 125 Å². The van der Waals surface area contributed by atoms with E-state index >= 15 is 0 Å². The third kappa shape index (κ3) is 7.18. The fourth-order valence-corrected chi connectivity index (χ4v) is 5.34. The molecule has 182 valence electrons. The number of urea groups is 2. The Morgan fingerprint density at radius 3 is 2.39 bits per heavy atom. The first kappa shape index (κ1) is 25.0. The minimum absolute atomic E-state index is 0.00652. The number of nitrogens with one attached hydrogen (secondary N) is 3. The summed E-state index contributed by atoms with van der Waals surface area (Å²) in [6, 6.07) is 5.04. The molecule has 2 fully saturated rings. The molecule has 0 bridgehead atoms. The number of hydrogen-bond donors (Lipinski definition) is 3. The molecule has 0 radical (unpaired) electrons. The SMILES string of the molecule is CC1CCN(C(=O)NCCc2ccc(S(=O)(=O)NC(=O)NCC3CCC(C)C3)cc2)C(=O)C1. The predicted molar refractivity (Wildman–Crippen MR) is 124 cm³/mol. The van der Waals surface area contributed by atoms with Crippen LogP contribution in [0, 0.1) is 17.8 Å². The van der Waals surface area contributed by atoms with Gasteiger partial charge in [0, 0.05) is 26.1 Å². The Balaban J connectivity index is 1.43. The third-order valence-corrected chi connectivity index (χ3v) is 7.77. The van der Waals surface area contributed by atoms with Gasteiger partial charge in [0.15, 0.2) is 0 Å². The summed E-state index contributed by atoms with van der Waals surface area (Å²) in [7, 11) is -3.97. The average molecular weight is 479 g/mol. The lowest BCUT2D eigenvalue weighted by Crippen LogP contribution is -2.48. The van der Waals surface area contributed by atoms with E-state index < -0.39 is 22.1 Å². The van der Waals surface area contributed by atoms with E-state index in [1.807, 2.05) is 6.92 Å². The van der Waals surface area contributed by atoms with Gasteiger partial charge in [0.25, 0.3) is 10.0 Å². The van der Waals surface area contributed by atoms with E-state index in [-0.39, 0.29) is 10.8 Å². The van der Waals surface area contributed by atoms with Gasteiger partial charge in [-0.2, -0.15) is 0 Å². The Kier molecular flexibility index (Phi) is 8.34. The van der Waals surface area contributed by atoms with Gasteiger partial charge in [-0.15, -0.1) is 0 Å². The molecule has 3 atom stereocenters. The quantitative estimate of drug-likeness (QED) is 0.556. The second kappa shape index (κ2) is 11.0. The minimum Gasteiger partial charge on any atom is -0.337 e. The van der Waals surface area contributed by atoms with Crippen LogP contribution >= 0.6 is 0 Å². The van der Waals surface area contributed by atoms with E-state index in [1.165, 1.54) is 17.0 Å². The van der Waals surface area contributed by atoms with Crippen LogP contribution in [0.1, 0.15) is 51.5 Å². The summed E-state index contributed by atoms with van der Waals surface area (Å²) >= 11 is 0. The third-order valence-electron chi connectivity index (χ3n) is 6.42. The van der Waals surface area contributed by atoms with Crippen LogP contribution in [-0.4, -0.2) is 50.9 Å². The van der Waals surface area contributed by atoms with Crippen molar-refractivity contribution in [3.63, 3.8) is 0 Å². The van der Waals surface area contributed by atoms with E-state index in [0.717, 1.165) is 31.2 Å². The first-order chi connectivity index (χ1) is 15.6. The largest absolute Gasteiger partial charge is 0.337 e. The number of likely N-dealkylation sites (tertiary alicyclic amines) is 1. The van der Waals surface area contributed by atoms with Crippen LogP contribution in [0.5, 0.6) is 0 Å². The summed E-state index contributed by atoms with van der Waals surface area (Å²) in [6.45, 7) is 5.40. The maximum atomic E-state index is 12.5. The van der Waals surface area contributed by atoms with Crippen molar-refractivity contribution in [3.8, 4) is 0 Å².